The van der Waals surface area contributed by atoms with E-state index in [1.165, 1.54) is 5.56 Å². The van der Waals surface area contributed by atoms with Crippen LogP contribution in [0.3, 0.4) is 0 Å². The summed E-state index contributed by atoms with van der Waals surface area (Å²) in [6, 6.07) is 10.7. The molecule has 4 heteroatoms. The van der Waals surface area contributed by atoms with Gasteiger partial charge in [0.25, 0.3) is 0 Å². The Morgan fingerprint density at radius 2 is 2.20 bits per heavy atom. The topological polar surface area (TPSA) is 54.3 Å². The molecule has 1 N–H and O–H groups in total. The molecule has 108 valence electrons. The molecule has 1 heterocycles. The van der Waals surface area contributed by atoms with E-state index in [4.69, 9.17) is 14.7 Å². The highest BCUT2D eigenvalue weighted by atomic mass is 16.5. The Kier molecular flexibility index (Phi) is 5.40. The van der Waals surface area contributed by atoms with E-state index in [1.807, 2.05) is 30.3 Å². The highest BCUT2D eigenvalue weighted by Crippen LogP contribution is 2.21. The Hall–Kier alpha value is -1.57. The number of hydrogen-bond donors (Lipinski definition) is 1. The average molecular weight is 274 g/mol. The third-order valence-electron chi connectivity index (χ3n) is 3.65. The van der Waals surface area contributed by atoms with Crippen molar-refractivity contribution in [3.05, 3.63) is 29.8 Å². The van der Waals surface area contributed by atoms with Crippen LogP contribution in [0.25, 0.3) is 0 Å². The zero-order valence-corrected chi connectivity index (χ0v) is 12.1. The summed E-state index contributed by atoms with van der Waals surface area (Å²) in [6.45, 7) is 5.23. The maximum absolute atomic E-state index is 8.48. The molecule has 3 unspecified atom stereocenters. The molecule has 20 heavy (non-hydrogen) atoms. The zero-order chi connectivity index (χ0) is 14.4. The summed E-state index contributed by atoms with van der Waals surface area (Å²) in [5.74, 6) is 0.738. The fourth-order valence-electron chi connectivity index (χ4n) is 2.57. The van der Waals surface area contributed by atoms with Crippen molar-refractivity contribution in [2.75, 3.05) is 13.2 Å². The molecular weight excluding hydrogens is 252 g/mol. The van der Waals surface area contributed by atoms with E-state index in [2.05, 4.69) is 19.2 Å². The lowest BCUT2D eigenvalue weighted by atomic mass is 10.0. The molecule has 0 spiro atoms. The van der Waals surface area contributed by atoms with Crippen LogP contribution in [-0.4, -0.2) is 25.4 Å². The molecule has 1 aromatic rings. The first-order valence-corrected chi connectivity index (χ1v) is 7.16. The van der Waals surface area contributed by atoms with Gasteiger partial charge in [-0.3, -0.25) is 0 Å². The molecule has 1 aromatic carbocycles. The van der Waals surface area contributed by atoms with Gasteiger partial charge in [-0.1, -0.05) is 12.1 Å². The number of rotatable bonds is 5. The molecular formula is C16H22N2O2. The monoisotopic (exact) mass is 274 g/mol. The van der Waals surface area contributed by atoms with Gasteiger partial charge in [-0.15, -0.1) is 0 Å². The van der Waals surface area contributed by atoms with Gasteiger partial charge in [0.1, 0.15) is 11.8 Å². The molecule has 1 saturated heterocycles. The molecule has 3 atom stereocenters. The molecule has 0 aromatic heterocycles. The largest absolute Gasteiger partial charge is 0.479 e. The van der Waals surface area contributed by atoms with Crippen LogP contribution in [0.1, 0.15) is 38.3 Å². The summed E-state index contributed by atoms with van der Waals surface area (Å²) < 4.78 is 10.8. The highest BCUT2D eigenvalue weighted by Gasteiger charge is 2.20. The number of nitriles is 1. The molecule has 0 saturated carbocycles. The number of hydrogen-bond acceptors (Lipinski definition) is 4. The molecule has 1 aliphatic heterocycles. The van der Waals surface area contributed by atoms with Crippen molar-refractivity contribution in [1.82, 2.24) is 5.32 Å². The maximum atomic E-state index is 8.48. The molecule has 0 amide bonds. The van der Waals surface area contributed by atoms with Crippen LogP contribution in [0.5, 0.6) is 5.75 Å². The van der Waals surface area contributed by atoms with Crippen LogP contribution in [0.15, 0.2) is 24.3 Å². The number of ether oxygens (including phenoxy) is 2. The lowest BCUT2D eigenvalue weighted by Gasteiger charge is -2.30. The van der Waals surface area contributed by atoms with Crippen molar-refractivity contribution in [2.24, 2.45) is 0 Å². The standard InChI is InChI=1S/C16H22N2O2/c1-12-11-15(7-9-19-12)18-13(2)14-3-5-16(6-4-14)20-10-8-17/h3-6,12-13,15,18H,7,9-11H2,1-2H3. The Bertz CT molecular complexity index is 453. The van der Waals surface area contributed by atoms with Crippen molar-refractivity contribution in [1.29, 1.82) is 5.26 Å². The van der Waals surface area contributed by atoms with Crippen LogP contribution in [0.4, 0.5) is 0 Å². The van der Waals surface area contributed by atoms with Gasteiger partial charge in [-0.05, 0) is 44.4 Å². The van der Waals surface area contributed by atoms with Gasteiger partial charge in [-0.25, -0.2) is 0 Å². The summed E-state index contributed by atoms with van der Waals surface area (Å²) in [5.41, 5.74) is 1.23. The second-order valence-corrected chi connectivity index (χ2v) is 5.31. The minimum Gasteiger partial charge on any atom is -0.479 e. The summed E-state index contributed by atoms with van der Waals surface area (Å²) >= 11 is 0. The summed E-state index contributed by atoms with van der Waals surface area (Å²) in [6.07, 6.45) is 2.47. The second kappa shape index (κ2) is 7.28. The van der Waals surface area contributed by atoms with Crippen LogP contribution >= 0.6 is 0 Å². The fraction of sp³-hybridized carbons (Fsp3) is 0.562. The Morgan fingerprint density at radius 3 is 2.85 bits per heavy atom. The van der Waals surface area contributed by atoms with Gasteiger partial charge in [0.05, 0.1) is 6.10 Å². The Balaban J connectivity index is 1.88. The number of nitrogens with zero attached hydrogens (tertiary/aromatic N) is 1. The highest BCUT2D eigenvalue weighted by molar-refractivity contribution is 5.29. The van der Waals surface area contributed by atoms with E-state index < -0.39 is 0 Å². The van der Waals surface area contributed by atoms with Gasteiger partial charge < -0.3 is 14.8 Å². The van der Waals surface area contributed by atoms with E-state index in [-0.39, 0.29) is 6.61 Å². The van der Waals surface area contributed by atoms with E-state index in [0.29, 0.717) is 18.2 Å². The van der Waals surface area contributed by atoms with Crippen LogP contribution in [0, 0.1) is 11.3 Å². The van der Waals surface area contributed by atoms with Crippen LogP contribution < -0.4 is 10.1 Å². The summed E-state index contributed by atoms with van der Waals surface area (Å²) in [5, 5.41) is 12.1. The Morgan fingerprint density at radius 1 is 1.45 bits per heavy atom. The van der Waals surface area contributed by atoms with Gasteiger partial charge in [0.2, 0.25) is 0 Å². The maximum Gasteiger partial charge on any atom is 0.174 e. The molecule has 2 rings (SSSR count). The number of benzene rings is 1. The lowest BCUT2D eigenvalue weighted by molar-refractivity contribution is 0.0116. The van der Waals surface area contributed by atoms with Crippen LogP contribution in [0.2, 0.25) is 0 Å². The minimum atomic E-state index is 0.0904. The van der Waals surface area contributed by atoms with Crippen molar-refractivity contribution < 1.29 is 9.47 Å². The SMILES string of the molecule is CC1CC(NC(C)c2ccc(OCC#N)cc2)CCO1. The predicted octanol–water partition coefficient (Wildman–Crippen LogP) is 2.81. The first-order chi connectivity index (χ1) is 9.69. The molecule has 1 fully saturated rings. The minimum absolute atomic E-state index is 0.0904. The lowest BCUT2D eigenvalue weighted by Crippen LogP contribution is -2.39. The van der Waals surface area contributed by atoms with Crippen molar-refractivity contribution in [3.63, 3.8) is 0 Å². The van der Waals surface area contributed by atoms with E-state index >= 15 is 0 Å². The van der Waals surface area contributed by atoms with Crippen LogP contribution in [-0.2, 0) is 4.74 Å². The first-order valence-electron chi connectivity index (χ1n) is 7.16. The summed E-state index contributed by atoms with van der Waals surface area (Å²) in [7, 11) is 0. The normalized spacial score (nSPS) is 23.9. The molecule has 0 aliphatic carbocycles. The van der Waals surface area contributed by atoms with E-state index in [1.54, 1.807) is 0 Å². The first kappa shape index (κ1) is 14.8. The van der Waals surface area contributed by atoms with Crippen molar-refractivity contribution >= 4 is 0 Å². The zero-order valence-electron chi connectivity index (χ0n) is 12.1. The summed E-state index contributed by atoms with van der Waals surface area (Å²) in [4.78, 5) is 0. The average Bonchev–Trinajstić information content (AvgIpc) is 2.45. The van der Waals surface area contributed by atoms with E-state index in [0.717, 1.165) is 25.2 Å². The molecule has 0 bridgehead atoms. The smallest absolute Gasteiger partial charge is 0.174 e. The van der Waals surface area contributed by atoms with E-state index in [9.17, 15) is 0 Å². The van der Waals surface area contributed by atoms with Crippen molar-refractivity contribution in [3.8, 4) is 11.8 Å². The van der Waals surface area contributed by atoms with Gasteiger partial charge >= 0.3 is 0 Å². The second-order valence-electron chi connectivity index (χ2n) is 5.31. The molecule has 0 radical (unpaired) electrons. The quantitative estimate of drug-likeness (QED) is 0.897. The molecule has 4 nitrogen and oxygen atoms in total. The molecule has 1 aliphatic rings. The fourth-order valence-corrected chi connectivity index (χ4v) is 2.57. The van der Waals surface area contributed by atoms with Gasteiger partial charge in [0, 0.05) is 18.7 Å². The van der Waals surface area contributed by atoms with Crippen molar-refractivity contribution in [2.45, 2.75) is 44.9 Å². The third-order valence-corrected chi connectivity index (χ3v) is 3.65. The van der Waals surface area contributed by atoms with Gasteiger partial charge in [-0.2, -0.15) is 5.26 Å². The Labute approximate surface area is 120 Å². The predicted molar refractivity (Wildman–Crippen MR) is 77.5 cm³/mol. The third kappa shape index (κ3) is 4.22. The van der Waals surface area contributed by atoms with Gasteiger partial charge in [0.15, 0.2) is 6.61 Å². The number of nitrogens with one attached hydrogen (secondary N) is 1.